The van der Waals surface area contributed by atoms with Gasteiger partial charge in [0.05, 0.1) is 25.3 Å². The Hall–Kier alpha value is -5.10. The van der Waals surface area contributed by atoms with Gasteiger partial charge >= 0.3 is 0 Å². The van der Waals surface area contributed by atoms with Crippen LogP contribution in [0.5, 0.6) is 0 Å². The Balaban J connectivity index is 1.22. The number of nitrogens with one attached hydrogen (secondary N) is 4. The standard InChI is InChI=1S/C42H64N16O8S2/c1-53(2)15-5-13-43-37-47-39(51-41(49-37)57-21-17-55(18-22-57)25-27-59)45-33-11-9-31(35(29-33)67-66-65-61)7-8-32-10-12-34(30-36(32)68(62,63)64)46-40-48-38(44-14-6-16-54(3)4)50-42(52-40)58-23-19-56(20-24-58)26-28-60/h7-12,29-30,59-61H,5-6,13-28H2,1-4H3,(H,62,63,64)(H2,43,45,47,49,51)(H2,44,46,48,50,52)/b8-7+. The summed E-state index contributed by atoms with van der Waals surface area (Å²) in [6.45, 7) is 9.93. The molecule has 24 nitrogen and oxygen atoms in total. The van der Waals surface area contributed by atoms with E-state index in [9.17, 15) is 23.2 Å². The highest BCUT2D eigenvalue weighted by atomic mass is 32.2. The number of hydrogen-bond acceptors (Lipinski definition) is 24. The lowest BCUT2D eigenvalue weighted by atomic mass is 10.1. The average Bonchev–Trinajstić information content (AvgIpc) is 3.31. The minimum absolute atomic E-state index is 0.0797. The number of aromatic nitrogens is 6. The van der Waals surface area contributed by atoms with Gasteiger partial charge in [-0.2, -0.15) is 38.3 Å². The molecule has 68 heavy (non-hydrogen) atoms. The van der Waals surface area contributed by atoms with Gasteiger partial charge in [-0.25, -0.2) is 5.26 Å². The van der Waals surface area contributed by atoms with E-state index in [2.05, 4.69) is 70.7 Å². The van der Waals surface area contributed by atoms with Crippen molar-refractivity contribution in [2.75, 3.05) is 164 Å². The highest BCUT2D eigenvalue weighted by Gasteiger charge is 2.23. The fourth-order valence-electron chi connectivity index (χ4n) is 7.38. The maximum absolute atomic E-state index is 12.9. The number of anilines is 8. The van der Waals surface area contributed by atoms with E-state index in [1.165, 1.54) is 18.2 Å². The smallest absolute Gasteiger partial charge is 0.295 e. The molecule has 2 saturated heterocycles. The van der Waals surface area contributed by atoms with E-state index in [-0.39, 0.29) is 35.6 Å². The van der Waals surface area contributed by atoms with Crippen LogP contribution < -0.4 is 31.1 Å². The zero-order valence-corrected chi connectivity index (χ0v) is 40.6. The van der Waals surface area contributed by atoms with Crippen LogP contribution in [-0.2, 0) is 19.5 Å². The predicted molar refractivity (Wildman–Crippen MR) is 263 cm³/mol. The van der Waals surface area contributed by atoms with Gasteiger partial charge in [0.2, 0.25) is 35.7 Å². The number of hydrogen-bond donors (Lipinski definition) is 8. The van der Waals surface area contributed by atoms with E-state index in [1.54, 1.807) is 30.3 Å². The van der Waals surface area contributed by atoms with Gasteiger partial charge in [-0.05, 0) is 89.5 Å². The van der Waals surface area contributed by atoms with Gasteiger partial charge in [0.25, 0.3) is 10.1 Å². The summed E-state index contributed by atoms with van der Waals surface area (Å²) < 4.78 is 41.0. The van der Waals surface area contributed by atoms with E-state index in [4.69, 9.17) is 19.6 Å². The molecule has 0 spiro atoms. The fourth-order valence-corrected chi connectivity index (χ4v) is 8.60. The molecular formula is C42H64N16O8S2. The van der Waals surface area contributed by atoms with E-state index in [0.717, 1.165) is 52.1 Å². The zero-order valence-electron chi connectivity index (χ0n) is 39.0. The van der Waals surface area contributed by atoms with Crippen LogP contribution in [0, 0.1) is 0 Å². The Bertz CT molecular complexity index is 2350. The first kappa shape index (κ1) is 52.3. The topological polar surface area (TPSA) is 278 Å². The molecule has 6 rings (SSSR count). The monoisotopic (exact) mass is 984 g/mol. The fraction of sp³-hybridized carbons (Fsp3) is 0.524. The summed E-state index contributed by atoms with van der Waals surface area (Å²) in [6.07, 6.45) is 4.87. The summed E-state index contributed by atoms with van der Waals surface area (Å²) in [4.78, 5) is 40.8. The molecule has 0 unspecified atom stereocenters. The SMILES string of the molecule is CN(C)CCCNc1nc(Nc2ccc(/C=C/c3ccc(Nc4nc(NCCCN(C)C)nc(N5CCN(CCO)CC5)n4)cc3S(=O)(=O)O)c(SOOO)c2)nc(N2CCN(CCO)CC2)n1. The minimum atomic E-state index is -4.74. The average molecular weight is 985 g/mol. The molecule has 0 atom stereocenters. The van der Waals surface area contributed by atoms with Crippen LogP contribution in [0.2, 0.25) is 0 Å². The normalized spacial score (nSPS) is 15.2. The van der Waals surface area contributed by atoms with Crippen molar-refractivity contribution in [1.82, 2.24) is 49.5 Å². The van der Waals surface area contributed by atoms with Crippen molar-refractivity contribution in [3.8, 4) is 0 Å². The lowest BCUT2D eigenvalue weighted by Gasteiger charge is -2.34. The molecule has 0 amide bonds. The summed E-state index contributed by atoms with van der Waals surface area (Å²) in [7, 11) is 3.29. The molecule has 4 heterocycles. The number of rotatable bonds is 26. The van der Waals surface area contributed by atoms with Gasteiger partial charge < -0.3 is 51.1 Å². The Morgan fingerprint density at radius 3 is 1.57 bits per heavy atom. The maximum Gasteiger partial charge on any atom is 0.295 e. The summed E-state index contributed by atoms with van der Waals surface area (Å²) in [5.41, 5.74) is 1.58. The van der Waals surface area contributed by atoms with Crippen molar-refractivity contribution < 1.29 is 37.8 Å². The van der Waals surface area contributed by atoms with Gasteiger partial charge in [0.15, 0.2) is 0 Å². The first-order valence-corrected chi connectivity index (χ1v) is 24.6. The van der Waals surface area contributed by atoms with Crippen molar-refractivity contribution in [3.05, 3.63) is 47.5 Å². The van der Waals surface area contributed by atoms with Crippen molar-refractivity contribution in [1.29, 1.82) is 0 Å². The highest BCUT2D eigenvalue weighted by molar-refractivity contribution is 7.94. The summed E-state index contributed by atoms with van der Waals surface area (Å²) >= 11 is 0.708. The van der Waals surface area contributed by atoms with E-state index in [1.807, 2.05) is 33.1 Å². The third-order valence-corrected chi connectivity index (χ3v) is 12.5. The molecule has 0 bridgehead atoms. The number of piperazine rings is 2. The van der Waals surface area contributed by atoms with Gasteiger partial charge in [-0.15, -0.1) is 4.33 Å². The van der Waals surface area contributed by atoms with E-state index >= 15 is 0 Å². The second kappa shape index (κ2) is 26.0. The molecule has 372 valence electrons. The largest absolute Gasteiger partial charge is 0.395 e. The molecule has 26 heteroatoms. The van der Waals surface area contributed by atoms with Crippen LogP contribution in [0.1, 0.15) is 24.0 Å². The molecule has 8 N–H and O–H groups in total. The number of benzene rings is 2. The Kier molecular flexibility index (Phi) is 20.0. The second-order valence-corrected chi connectivity index (χ2v) is 18.8. The minimum Gasteiger partial charge on any atom is -0.395 e. The third kappa shape index (κ3) is 16.3. The number of aliphatic hydroxyl groups is 2. The van der Waals surface area contributed by atoms with Crippen LogP contribution >= 0.6 is 12.0 Å². The van der Waals surface area contributed by atoms with Gasteiger partial charge in [0.1, 0.15) is 4.90 Å². The predicted octanol–water partition coefficient (Wildman–Crippen LogP) is 2.35. The summed E-state index contributed by atoms with van der Waals surface area (Å²) in [6, 6.07) is 9.70. The molecule has 2 aromatic heterocycles. The van der Waals surface area contributed by atoms with E-state index in [0.29, 0.717) is 110 Å². The lowest BCUT2D eigenvalue weighted by molar-refractivity contribution is -0.432. The van der Waals surface area contributed by atoms with Crippen LogP contribution in [0.15, 0.2) is 46.2 Å². The first-order chi connectivity index (χ1) is 32.8. The van der Waals surface area contributed by atoms with Crippen molar-refractivity contribution >= 4 is 81.4 Å². The molecule has 0 radical (unpaired) electrons. The molecule has 2 aliphatic heterocycles. The highest BCUT2D eigenvalue weighted by Crippen LogP contribution is 2.32. The molecule has 0 saturated carbocycles. The van der Waals surface area contributed by atoms with Crippen molar-refractivity contribution in [2.45, 2.75) is 22.6 Å². The Labute approximate surface area is 401 Å². The molecule has 0 aliphatic carbocycles. The Morgan fingerprint density at radius 2 is 1.12 bits per heavy atom. The molecule has 2 aliphatic rings. The molecule has 2 aromatic carbocycles. The summed E-state index contributed by atoms with van der Waals surface area (Å²) in [5, 5.41) is 44.8. The van der Waals surface area contributed by atoms with E-state index < -0.39 is 10.1 Å². The van der Waals surface area contributed by atoms with Crippen LogP contribution in [0.3, 0.4) is 0 Å². The van der Waals surface area contributed by atoms with Gasteiger partial charge in [0, 0.05) is 94.8 Å². The molecular weight excluding hydrogens is 921 g/mol. The maximum atomic E-state index is 12.9. The van der Waals surface area contributed by atoms with Crippen LogP contribution in [0.4, 0.5) is 47.1 Å². The zero-order chi connectivity index (χ0) is 48.5. The van der Waals surface area contributed by atoms with Crippen molar-refractivity contribution in [3.63, 3.8) is 0 Å². The summed E-state index contributed by atoms with van der Waals surface area (Å²) in [5.74, 6) is 2.16. The second-order valence-electron chi connectivity index (χ2n) is 16.6. The van der Waals surface area contributed by atoms with Gasteiger partial charge in [-0.1, -0.05) is 29.3 Å². The molecule has 2 fully saturated rings. The van der Waals surface area contributed by atoms with Crippen LogP contribution in [0.25, 0.3) is 12.2 Å². The van der Waals surface area contributed by atoms with Crippen molar-refractivity contribution in [2.24, 2.45) is 0 Å². The first-order valence-electron chi connectivity index (χ1n) is 22.4. The quantitative estimate of drug-likeness (QED) is 0.0112. The van der Waals surface area contributed by atoms with Crippen LogP contribution in [-0.4, -0.2) is 211 Å². The lowest BCUT2D eigenvalue weighted by Crippen LogP contribution is -2.47. The molecule has 4 aromatic rings. The van der Waals surface area contributed by atoms with Gasteiger partial charge in [-0.3, -0.25) is 14.4 Å². The Morgan fingerprint density at radius 1 is 0.662 bits per heavy atom. The third-order valence-electron chi connectivity index (χ3n) is 10.9. The number of β-amino-alcohol motifs (C(OH)–C–C–N with tert-alkyl or cyclic N) is 2. The number of aliphatic hydroxyl groups excluding tert-OH is 2. The number of nitrogens with zero attached hydrogens (tertiary/aromatic N) is 12.